The molecule has 1 unspecified atom stereocenters. The minimum Gasteiger partial charge on any atom is -0.379 e. The first-order chi connectivity index (χ1) is 9.18. The molecular weight excluding hydrogens is 256 g/mol. The average molecular weight is 280 g/mol. The van der Waals surface area contributed by atoms with Crippen molar-refractivity contribution < 1.29 is 4.74 Å². The Morgan fingerprint density at radius 2 is 1.89 bits per heavy atom. The summed E-state index contributed by atoms with van der Waals surface area (Å²) in [5.74, 6) is 0. The van der Waals surface area contributed by atoms with E-state index in [1.165, 1.54) is 10.5 Å². The molecule has 2 N–H and O–H groups in total. The molecule has 106 valence electrons. The van der Waals surface area contributed by atoms with Gasteiger partial charge in [0.15, 0.2) is 0 Å². The summed E-state index contributed by atoms with van der Waals surface area (Å²) in [4.78, 5) is 3.78. The number of hydrogen-bond acceptors (Lipinski definition) is 4. The van der Waals surface area contributed by atoms with Gasteiger partial charge in [-0.1, -0.05) is 12.1 Å². The lowest BCUT2D eigenvalue weighted by Crippen LogP contribution is -2.56. The Labute approximate surface area is 120 Å². The van der Waals surface area contributed by atoms with E-state index in [0.717, 1.165) is 32.7 Å². The van der Waals surface area contributed by atoms with E-state index in [0.29, 0.717) is 6.54 Å². The van der Waals surface area contributed by atoms with E-state index in [-0.39, 0.29) is 5.54 Å². The number of rotatable bonds is 5. The zero-order valence-electron chi connectivity index (χ0n) is 11.9. The van der Waals surface area contributed by atoms with Gasteiger partial charge in [-0.15, -0.1) is 11.8 Å². The molecule has 2 rings (SSSR count). The van der Waals surface area contributed by atoms with Crippen LogP contribution in [0.15, 0.2) is 29.2 Å². The zero-order valence-corrected chi connectivity index (χ0v) is 12.7. The Hall–Kier alpha value is -0.550. The summed E-state index contributed by atoms with van der Waals surface area (Å²) in [6, 6.07) is 8.83. The molecule has 4 heteroatoms. The molecule has 19 heavy (non-hydrogen) atoms. The highest BCUT2D eigenvalue weighted by atomic mass is 32.2. The molecule has 0 aromatic heterocycles. The van der Waals surface area contributed by atoms with Crippen molar-refractivity contribution in [3.63, 3.8) is 0 Å². The largest absolute Gasteiger partial charge is 0.379 e. The maximum absolute atomic E-state index is 6.06. The van der Waals surface area contributed by atoms with Gasteiger partial charge in [-0.3, -0.25) is 4.90 Å². The van der Waals surface area contributed by atoms with Crippen LogP contribution in [-0.4, -0.2) is 49.5 Å². The second kappa shape index (κ2) is 6.75. The van der Waals surface area contributed by atoms with Gasteiger partial charge in [0, 0.05) is 30.1 Å². The maximum atomic E-state index is 6.06. The second-order valence-electron chi connectivity index (χ2n) is 5.33. The standard InChI is InChI=1S/C15H24N2OS/c1-15(12-16,17-7-9-18-10-8-17)11-13-3-5-14(19-2)6-4-13/h3-6H,7-12,16H2,1-2H3. The molecule has 1 aliphatic rings. The van der Waals surface area contributed by atoms with Gasteiger partial charge in [0.05, 0.1) is 13.2 Å². The van der Waals surface area contributed by atoms with Crippen LogP contribution in [-0.2, 0) is 11.2 Å². The van der Waals surface area contributed by atoms with Crippen LogP contribution in [0.1, 0.15) is 12.5 Å². The molecule has 1 aromatic rings. The van der Waals surface area contributed by atoms with E-state index < -0.39 is 0 Å². The lowest BCUT2D eigenvalue weighted by Gasteiger charge is -2.43. The summed E-state index contributed by atoms with van der Waals surface area (Å²) in [6.07, 6.45) is 3.10. The smallest absolute Gasteiger partial charge is 0.0594 e. The summed E-state index contributed by atoms with van der Waals surface area (Å²) in [7, 11) is 0. The van der Waals surface area contributed by atoms with Crippen LogP contribution < -0.4 is 5.73 Å². The molecule has 1 fully saturated rings. The van der Waals surface area contributed by atoms with Crippen molar-refractivity contribution in [3.05, 3.63) is 29.8 Å². The van der Waals surface area contributed by atoms with E-state index in [2.05, 4.69) is 42.3 Å². The molecule has 0 radical (unpaired) electrons. The molecule has 1 atom stereocenters. The molecule has 0 saturated carbocycles. The van der Waals surface area contributed by atoms with E-state index >= 15 is 0 Å². The minimum atomic E-state index is 0.0324. The summed E-state index contributed by atoms with van der Waals surface area (Å²) in [5, 5.41) is 0. The molecule has 1 saturated heterocycles. The van der Waals surface area contributed by atoms with Gasteiger partial charge in [-0.2, -0.15) is 0 Å². The SMILES string of the molecule is CSc1ccc(CC(C)(CN)N2CCOCC2)cc1. The zero-order chi connectivity index (χ0) is 13.7. The molecule has 1 aliphatic heterocycles. The number of ether oxygens (including phenoxy) is 1. The van der Waals surface area contributed by atoms with Gasteiger partial charge >= 0.3 is 0 Å². The predicted octanol–water partition coefficient (Wildman–Crippen LogP) is 2.00. The number of nitrogens with zero attached hydrogens (tertiary/aromatic N) is 1. The van der Waals surface area contributed by atoms with Crippen LogP contribution in [0.2, 0.25) is 0 Å². The summed E-state index contributed by atoms with van der Waals surface area (Å²) < 4.78 is 5.43. The van der Waals surface area contributed by atoms with E-state index in [1.807, 2.05) is 0 Å². The molecule has 0 amide bonds. The van der Waals surface area contributed by atoms with Gasteiger partial charge in [0.25, 0.3) is 0 Å². The fraction of sp³-hybridized carbons (Fsp3) is 0.600. The first kappa shape index (κ1) is 14.9. The van der Waals surface area contributed by atoms with Crippen LogP contribution >= 0.6 is 11.8 Å². The van der Waals surface area contributed by atoms with Crippen molar-refractivity contribution in [2.24, 2.45) is 5.73 Å². The van der Waals surface area contributed by atoms with Gasteiger partial charge in [0.2, 0.25) is 0 Å². The van der Waals surface area contributed by atoms with Crippen molar-refractivity contribution in [3.8, 4) is 0 Å². The lowest BCUT2D eigenvalue weighted by atomic mass is 9.90. The number of morpholine rings is 1. The fourth-order valence-electron chi connectivity index (χ4n) is 2.60. The van der Waals surface area contributed by atoms with E-state index in [9.17, 15) is 0 Å². The first-order valence-electron chi connectivity index (χ1n) is 6.84. The highest BCUT2D eigenvalue weighted by Crippen LogP contribution is 2.23. The van der Waals surface area contributed by atoms with E-state index in [4.69, 9.17) is 10.5 Å². The Morgan fingerprint density at radius 1 is 1.26 bits per heavy atom. The third kappa shape index (κ3) is 3.72. The topological polar surface area (TPSA) is 38.5 Å². The van der Waals surface area contributed by atoms with Crippen LogP contribution in [0.3, 0.4) is 0 Å². The Kier molecular flexibility index (Phi) is 5.28. The number of benzene rings is 1. The predicted molar refractivity (Wildman–Crippen MR) is 81.8 cm³/mol. The Balaban J connectivity index is 2.07. The van der Waals surface area contributed by atoms with Gasteiger partial charge < -0.3 is 10.5 Å². The normalized spacial score (nSPS) is 20.2. The van der Waals surface area contributed by atoms with Crippen LogP contribution in [0.4, 0.5) is 0 Å². The van der Waals surface area contributed by atoms with Gasteiger partial charge in [0.1, 0.15) is 0 Å². The van der Waals surface area contributed by atoms with Crippen LogP contribution in [0, 0.1) is 0 Å². The van der Waals surface area contributed by atoms with Crippen LogP contribution in [0.5, 0.6) is 0 Å². The molecule has 3 nitrogen and oxygen atoms in total. The number of hydrogen-bond donors (Lipinski definition) is 1. The highest BCUT2D eigenvalue weighted by Gasteiger charge is 2.31. The number of thioether (sulfide) groups is 1. The highest BCUT2D eigenvalue weighted by molar-refractivity contribution is 7.98. The molecule has 1 heterocycles. The van der Waals surface area contributed by atoms with Gasteiger partial charge in [-0.25, -0.2) is 0 Å². The van der Waals surface area contributed by atoms with Crippen molar-refractivity contribution in [1.29, 1.82) is 0 Å². The van der Waals surface area contributed by atoms with Crippen molar-refractivity contribution >= 4 is 11.8 Å². The summed E-state index contributed by atoms with van der Waals surface area (Å²) in [5.41, 5.74) is 7.45. The van der Waals surface area contributed by atoms with E-state index in [1.54, 1.807) is 11.8 Å². The van der Waals surface area contributed by atoms with Crippen molar-refractivity contribution in [2.75, 3.05) is 39.1 Å². The quantitative estimate of drug-likeness (QED) is 0.837. The third-order valence-electron chi connectivity index (χ3n) is 3.96. The van der Waals surface area contributed by atoms with Crippen LogP contribution in [0.25, 0.3) is 0 Å². The third-order valence-corrected chi connectivity index (χ3v) is 4.70. The Bertz CT molecular complexity index is 390. The number of nitrogens with two attached hydrogens (primary N) is 1. The Morgan fingerprint density at radius 3 is 2.42 bits per heavy atom. The molecule has 0 bridgehead atoms. The fourth-order valence-corrected chi connectivity index (χ4v) is 3.01. The lowest BCUT2D eigenvalue weighted by molar-refractivity contribution is -0.0132. The second-order valence-corrected chi connectivity index (χ2v) is 6.20. The average Bonchev–Trinajstić information content (AvgIpc) is 2.49. The van der Waals surface area contributed by atoms with Crippen molar-refractivity contribution in [1.82, 2.24) is 4.90 Å². The van der Waals surface area contributed by atoms with Crippen molar-refractivity contribution in [2.45, 2.75) is 23.8 Å². The molecule has 0 aliphatic carbocycles. The maximum Gasteiger partial charge on any atom is 0.0594 e. The summed E-state index contributed by atoms with van der Waals surface area (Å²) >= 11 is 1.78. The molecule has 1 aromatic carbocycles. The monoisotopic (exact) mass is 280 g/mol. The molecule has 0 spiro atoms. The van der Waals surface area contributed by atoms with Gasteiger partial charge in [-0.05, 0) is 37.3 Å². The molecular formula is C15H24N2OS. The minimum absolute atomic E-state index is 0.0324. The summed E-state index contributed by atoms with van der Waals surface area (Å²) in [6.45, 7) is 6.55. The first-order valence-corrected chi connectivity index (χ1v) is 8.06.